The van der Waals surface area contributed by atoms with Crippen LogP contribution in [0.3, 0.4) is 0 Å². The normalized spacial score (nSPS) is 21.4. The summed E-state index contributed by atoms with van der Waals surface area (Å²) in [6.07, 6.45) is 5.44. The molecule has 12 rings (SSSR count). The first-order chi connectivity index (χ1) is 30.0. The smallest absolute Gasteiger partial charge is 0.137 e. The number of rotatable bonds is 6. The van der Waals surface area contributed by atoms with Crippen LogP contribution in [0.5, 0.6) is 0 Å². The number of nitrogens with zero attached hydrogens (tertiary/aromatic N) is 1. The molecule has 5 unspecified atom stereocenters. The first kappa shape index (κ1) is 36.2. The summed E-state index contributed by atoms with van der Waals surface area (Å²) in [6, 6.07) is 69.1. The highest BCUT2D eigenvalue weighted by molar-refractivity contribution is 6.07. The summed E-state index contributed by atoms with van der Waals surface area (Å²) in [7, 11) is 0. The van der Waals surface area contributed by atoms with Gasteiger partial charge in [0, 0.05) is 39.3 Å². The molecule has 9 aromatic rings. The molecule has 3 aliphatic rings. The molecule has 0 aliphatic heterocycles. The van der Waals surface area contributed by atoms with E-state index in [1.807, 2.05) is 0 Å². The Bertz CT molecular complexity index is 2980. The summed E-state index contributed by atoms with van der Waals surface area (Å²) in [4.78, 5) is 2.33. The van der Waals surface area contributed by atoms with Gasteiger partial charge >= 0.3 is 0 Å². The Balaban J connectivity index is 0.923. The van der Waals surface area contributed by atoms with Gasteiger partial charge < -0.3 is 9.32 Å². The Morgan fingerprint density at radius 2 is 0.951 bits per heavy atom. The van der Waals surface area contributed by atoms with Crippen LogP contribution in [-0.2, 0) is 5.41 Å². The van der Waals surface area contributed by atoms with Crippen molar-refractivity contribution in [3.63, 3.8) is 0 Å². The average Bonchev–Trinajstić information content (AvgIpc) is 3.82. The summed E-state index contributed by atoms with van der Waals surface area (Å²) in [6.45, 7) is 5.05. The molecule has 296 valence electrons. The lowest BCUT2D eigenvalue weighted by Gasteiger charge is -2.54. The Kier molecular flexibility index (Phi) is 8.46. The number of furan rings is 1. The van der Waals surface area contributed by atoms with Crippen LogP contribution in [0.4, 0.5) is 17.1 Å². The Morgan fingerprint density at radius 3 is 1.64 bits per heavy atom. The molecule has 3 aliphatic carbocycles. The third kappa shape index (κ3) is 5.83. The van der Waals surface area contributed by atoms with Crippen molar-refractivity contribution in [3.8, 4) is 44.5 Å². The van der Waals surface area contributed by atoms with Crippen LogP contribution in [0.25, 0.3) is 66.4 Å². The maximum absolute atomic E-state index is 6.81. The van der Waals surface area contributed by atoms with Crippen LogP contribution < -0.4 is 4.90 Å². The van der Waals surface area contributed by atoms with E-state index in [9.17, 15) is 0 Å². The second-order valence-corrected chi connectivity index (χ2v) is 18.3. The van der Waals surface area contributed by atoms with E-state index in [0.717, 1.165) is 50.8 Å². The number of hydrogen-bond donors (Lipinski definition) is 0. The molecule has 2 heteroatoms. The Morgan fingerprint density at radius 1 is 0.426 bits per heavy atom. The molecule has 1 aromatic heterocycles. The van der Waals surface area contributed by atoms with E-state index < -0.39 is 0 Å². The summed E-state index contributed by atoms with van der Waals surface area (Å²) >= 11 is 0. The first-order valence-electron chi connectivity index (χ1n) is 22.3. The van der Waals surface area contributed by atoms with Gasteiger partial charge in [0.1, 0.15) is 11.2 Å². The summed E-state index contributed by atoms with van der Waals surface area (Å²) in [5.41, 5.74) is 18.4. The van der Waals surface area contributed by atoms with E-state index in [4.69, 9.17) is 4.42 Å². The van der Waals surface area contributed by atoms with Crippen LogP contribution in [0.2, 0.25) is 0 Å². The van der Waals surface area contributed by atoms with Gasteiger partial charge in [-0.25, -0.2) is 0 Å². The fourth-order valence-corrected chi connectivity index (χ4v) is 12.3. The predicted molar refractivity (Wildman–Crippen MR) is 255 cm³/mol. The molecule has 5 atom stereocenters. The molecule has 8 aromatic carbocycles. The molecular formula is C59H49NO. The van der Waals surface area contributed by atoms with Crippen molar-refractivity contribution >= 4 is 39.0 Å². The van der Waals surface area contributed by atoms with Gasteiger partial charge in [0.25, 0.3) is 0 Å². The van der Waals surface area contributed by atoms with E-state index in [1.54, 1.807) is 11.1 Å². The highest BCUT2D eigenvalue weighted by atomic mass is 16.3. The molecular weight excluding hydrogens is 739 g/mol. The number of fused-ring (bicyclic) bond motifs is 11. The highest BCUT2D eigenvalue weighted by Gasteiger charge is 2.56. The minimum atomic E-state index is 0.109. The van der Waals surface area contributed by atoms with Crippen molar-refractivity contribution in [2.45, 2.75) is 44.9 Å². The lowest BCUT2D eigenvalue weighted by Crippen LogP contribution is -2.49. The second kappa shape index (κ2) is 14.2. The lowest BCUT2D eigenvalue weighted by atomic mass is 9.49. The van der Waals surface area contributed by atoms with Gasteiger partial charge in [-0.1, -0.05) is 141 Å². The van der Waals surface area contributed by atoms with E-state index in [0.29, 0.717) is 11.8 Å². The van der Waals surface area contributed by atoms with Crippen molar-refractivity contribution < 1.29 is 4.42 Å². The lowest BCUT2D eigenvalue weighted by molar-refractivity contribution is 0.0426. The fraction of sp³-hybridized carbons (Fsp3) is 0.186. The van der Waals surface area contributed by atoms with Crippen LogP contribution in [0, 0.1) is 23.7 Å². The first-order valence-corrected chi connectivity index (χ1v) is 22.3. The minimum Gasteiger partial charge on any atom is -0.456 e. The maximum Gasteiger partial charge on any atom is 0.137 e. The Labute approximate surface area is 359 Å². The Hall–Kier alpha value is -6.64. The van der Waals surface area contributed by atoms with Gasteiger partial charge in [0.15, 0.2) is 0 Å². The molecule has 61 heavy (non-hydrogen) atoms. The number of benzene rings is 8. The SMILES string of the molecule is CC1CC2CC(C)C3(c4ccccc4-c4cc(-c5ccc6c(c5)oc5cc(N(c7ccc(-c8ccccc8)cc7)c7ccc(-c8ccccc8)cc7)ccc56)ccc43)C(C1)C2. The summed E-state index contributed by atoms with van der Waals surface area (Å²) < 4.78 is 6.81. The van der Waals surface area contributed by atoms with Crippen LogP contribution in [0.15, 0.2) is 192 Å². The standard InChI is InChI=1S/C59H49NO/c1-38-31-40-33-39(2)59(47(32-38)34-40)55-16-10-9-15-51(55)54-35-45(22-30-56(54)59)46-21-28-52-53-29-27-50(37-58(53)61-57(52)36-46)60(48-23-17-43(18-24-48)41-11-5-3-6-12-41)49-25-19-44(20-26-49)42-13-7-4-8-14-42/h3-30,35-40,47H,31-34H2,1-2H3. The van der Waals surface area contributed by atoms with Crippen molar-refractivity contribution in [2.75, 3.05) is 4.90 Å². The van der Waals surface area contributed by atoms with Gasteiger partial charge in [-0.15, -0.1) is 0 Å². The number of hydrogen-bond acceptors (Lipinski definition) is 2. The predicted octanol–water partition coefficient (Wildman–Crippen LogP) is 16.4. The van der Waals surface area contributed by atoms with Crippen molar-refractivity contribution in [1.82, 2.24) is 0 Å². The van der Waals surface area contributed by atoms with Gasteiger partial charge in [0.2, 0.25) is 0 Å². The monoisotopic (exact) mass is 787 g/mol. The minimum absolute atomic E-state index is 0.109. The summed E-state index contributed by atoms with van der Waals surface area (Å²) in [5, 5.41) is 2.26. The zero-order valence-corrected chi connectivity index (χ0v) is 34.9. The quantitative estimate of drug-likeness (QED) is 0.167. The molecule has 0 saturated heterocycles. The van der Waals surface area contributed by atoms with E-state index >= 15 is 0 Å². The van der Waals surface area contributed by atoms with Gasteiger partial charge in [-0.05, 0) is 160 Å². The van der Waals surface area contributed by atoms with Crippen molar-refractivity contribution in [2.24, 2.45) is 23.7 Å². The average molecular weight is 788 g/mol. The zero-order valence-electron chi connectivity index (χ0n) is 34.9. The molecule has 0 radical (unpaired) electrons. The molecule has 2 bridgehead atoms. The fourth-order valence-electron chi connectivity index (χ4n) is 12.3. The second-order valence-electron chi connectivity index (χ2n) is 18.3. The zero-order chi connectivity index (χ0) is 40.7. The third-order valence-corrected chi connectivity index (χ3v) is 14.8. The number of anilines is 3. The molecule has 0 N–H and O–H groups in total. The molecule has 2 fully saturated rings. The summed E-state index contributed by atoms with van der Waals surface area (Å²) in [5.74, 6) is 3.01. The molecule has 1 spiro atoms. The third-order valence-electron chi connectivity index (χ3n) is 14.8. The van der Waals surface area contributed by atoms with Gasteiger partial charge in [-0.2, -0.15) is 0 Å². The highest BCUT2D eigenvalue weighted by Crippen LogP contribution is 2.64. The molecule has 2 nitrogen and oxygen atoms in total. The molecule has 0 amide bonds. The van der Waals surface area contributed by atoms with Gasteiger partial charge in [-0.3, -0.25) is 0 Å². The van der Waals surface area contributed by atoms with Crippen molar-refractivity contribution in [1.29, 1.82) is 0 Å². The maximum atomic E-state index is 6.81. The van der Waals surface area contributed by atoms with Crippen molar-refractivity contribution in [3.05, 3.63) is 199 Å². The molecule has 2 saturated carbocycles. The van der Waals surface area contributed by atoms with Crippen LogP contribution in [-0.4, -0.2) is 0 Å². The van der Waals surface area contributed by atoms with E-state index in [2.05, 4.69) is 207 Å². The van der Waals surface area contributed by atoms with Gasteiger partial charge in [0.05, 0.1) is 0 Å². The largest absolute Gasteiger partial charge is 0.456 e. The molecule has 1 heterocycles. The van der Waals surface area contributed by atoms with E-state index in [-0.39, 0.29) is 5.41 Å². The topological polar surface area (TPSA) is 16.4 Å². The van der Waals surface area contributed by atoms with Crippen LogP contribution >= 0.6 is 0 Å². The van der Waals surface area contributed by atoms with Crippen LogP contribution in [0.1, 0.15) is 50.7 Å². The van der Waals surface area contributed by atoms with E-state index in [1.165, 1.54) is 70.2 Å².